The third kappa shape index (κ3) is 2.22. The second kappa shape index (κ2) is 4.46. The lowest BCUT2D eigenvalue weighted by molar-refractivity contribution is 0.708. The summed E-state index contributed by atoms with van der Waals surface area (Å²) in [5.74, 6) is 0. The lowest BCUT2D eigenvalue weighted by Crippen LogP contribution is -2.28. The molecule has 2 N–H and O–H groups in total. The van der Waals surface area contributed by atoms with Crippen LogP contribution in [0.5, 0.6) is 0 Å². The van der Waals surface area contributed by atoms with Crippen LogP contribution in [0.3, 0.4) is 0 Å². The number of anilines is 1. The Kier molecular flexibility index (Phi) is 3.20. The summed E-state index contributed by atoms with van der Waals surface area (Å²) in [7, 11) is 0. The van der Waals surface area contributed by atoms with Crippen LogP contribution in [0.1, 0.15) is 31.9 Å². The lowest BCUT2D eigenvalue weighted by atomic mass is 10.0. The van der Waals surface area contributed by atoms with Gasteiger partial charge >= 0.3 is 0 Å². The van der Waals surface area contributed by atoms with Crippen molar-refractivity contribution < 1.29 is 0 Å². The van der Waals surface area contributed by atoms with Gasteiger partial charge in [0.05, 0.1) is 0 Å². The highest BCUT2D eigenvalue weighted by Crippen LogP contribution is 2.30. The van der Waals surface area contributed by atoms with Crippen LogP contribution in [0.2, 0.25) is 0 Å². The molecule has 1 aliphatic rings. The van der Waals surface area contributed by atoms with Gasteiger partial charge in [-0.15, -0.1) is 0 Å². The van der Waals surface area contributed by atoms with Crippen molar-refractivity contribution in [1.29, 1.82) is 0 Å². The first-order valence-electron chi connectivity index (χ1n) is 6.22. The van der Waals surface area contributed by atoms with Gasteiger partial charge in [-0.05, 0) is 50.8 Å². The topological polar surface area (TPSA) is 29.3 Å². The molecule has 1 aromatic rings. The Labute approximate surface area is 98.4 Å². The molecular formula is C14H22N2. The summed E-state index contributed by atoms with van der Waals surface area (Å²) < 4.78 is 0. The maximum atomic E-state index is 5.85. The number of benzene rings is 1. The molecule has 16 heavy (non-hydrogen) atoms. The minimum absolute atomic E-state index is 0.243. The maximum Gasteiger partial charge on any atom is 0.0404 e. The summed E-state index contributed by atoms with van der Waals surface area (Å²) in [5.41, 5.74) is 10.1. The molecule has 1 atom stereocenters. The fraction of sp³-hybridized carbons (Fsp3) is 0.571. The Morgan fingerprint density at radius 3 is 2.69 bits per heavy atom. The molecule has 0 fully saturated rings. The molecule has 1 unspecified atom stereocenters. The van der Waals surface area contributed by atoms with Gasteiger partial charge in [0.15, 0.2) is 0 Å². The first kappa shape index (κ1) is 11.5. The van der Waals surface area contributed by atoms with Gasteiger partial charge in [-0.25, -0.2) is 0 Å². The number of nitrogens with zero attached hydrogens (tertiary/aromatic N) is 1. The van der Waals surface area contributed by atoms with Crippen LogP contribution in [0, 0.1) is 0 Å². The van der Waals surface area contributed by atoms with E-state index in [9.17, 15) is 0 Å². The van der Waals surface area contributed by atoms with Gasteiger partial charge in [-0.3, -0.25) is 0 Å². The highest BCUT2D eigenvalue weighted by atomic mass is 15.2. The molecule has 0 bridgehead atoms. The van der Waals surface area contributed by atoms with E-state index >= 15 is 0 Å². The van der Waals surface area contributed by atoms with Gasteiger partial charge in [0.25, 0.3) is 0 Å². The van der Waals surface area contributed by atoms with Gasteiger partial charge < -0.3 is 10.6 Å². The largest absolute Gasteiger partial charge is 0.369 e. The Bertz CT molecular complexity index is 369. The van der Waals surface area contributed by atoms with Gasteiger partial charge in [0, 0.05) is 24.3 Å². The SMILES string of the molecule is CC(N)Cc1ccc2c(c1)N(C(C)C)CC2. The zero-order chi connectivity index (χ0) is 11.7. The number of hydrogen-bond donors (Lipinski definition) is 1. The van der Waals surface area contributed by atoms with E-state index in [2.05, 4.69) is 43.9 Å². The van der Waals surface area contributed by atoms with E-state index in [4.69, 9.17) is 5.73 Å². The number of hydrogen-bond acceptors (Lipinski definition) is 2. The van der Waals surface area contributed by atoms with Crippen LogP contribution in [-0.4, -0.2) is 18.6 Å². The molecule has 0 saturated carbocycles. The summed E-state index contributed by atoms with van der Waals surface area (Å²) in [6.07, 6.45) is 2.16. The van der Waals surface area contributed by atoms with E-state index in [1.165, 1.54) is 23.2 Å². The van der Waals surface area contributed by atoms with Crippen molar-refractivity contribution in [3.63, 3.8) is 0 Å². The second-order valence-corrected chi connectivity index (χ2v) is 5.18. The fourth-order valence-corrected chi connectivity index (χ4v) is 2.48. The molecule has 1 aromatic carbocycles. The zero-order valence-electron chi connectivity index (χ0n) is 10.5. The highest BCUT2D eigenvalue weighted by Gasteiger charge is 2.21. The number of rotatable bonds is 3. The van der Waals surface area contributed by atoms with E-state index in [0.717, 1.165) is 13.0 Å². The third-order valence-corrected chi connectivity index (χ3v) is 3.26. The molecule has 88 valence electrons. The summed E-state index contributed by atoms with van der Waals surface area (Å²) >= 11 is 0. The molecule has 0 saturated heterocycles. The van der Waals surface area contributed by atoms with Crippen LogP contribution in [0.4, 0.5) is 5.69 Å². The van der Waals surface area contributed by atoms with Crippen molar-refractivity contribution >= 4 is 5.69 Å². The normalized spacial score (nSPS) is 16.7. The molecule has 2 nitrogen and oxygen atoms in total. The standard InChI is InChI=1S/C14H22N2/c1-10(2)16-7-6-13-5-4-12(8-11(3)15)9-14(13)16/h4-5,9-11H,6-8,15H2,1-3H3. The molecule has 0 amide bonds. The first-order valence-corrected chi connectivity index (χ1v) is 6.22. The Balaban J connectivity index is 2.26. The molecule has 0 aliphatic carbocycles. The van der Waals surface area contributed by atoms with E-state index in [0.29, 0.717) is 6.04 Å². The van der Waals surface area contributed by atoms with E-state index in [-0.39, 0.29) is 6.04 Å². The quantitative estimate of drug-likeness (QED) is 0.844. The molecule has 1 aliphatic heterocycles. The van der Waals surface area contributed by atoms with Crippen LogP contribution in [0.25, 0.3) is 0 Å². The monoisotopic (exact) mass is 218 g/mol. The smallest absolute Gasteiger partial charge is 0.0404 e. The Morgan fingerprint density at radius 2 is 2.06 bits per heavy atom. The average molecular weight is 218 g/mol. The van der Waals surface area contributed by atoms with Gasteiger partial charge in [-0.2, -0.15) is 0 Å². The average Bonchev–Trinajstić information content (AvgIpc) is 2.59. The minimum atomic E-state index is 0.243. The van der Waals surface area contributed by atoms with Crippen molar-refractivity contribution in [2.75, 3.05) is 11.4 Å². The molecule has 0 aromatic heterocycles. The van der Waals surface area contributed by atoms with Crippen molar-refractivity contribution in [2.45, 2.75) is 45.7 Å². The minimum Gasteiger partial charge on any atom is -0.369 e. The molecule has 2 heteroatoms. The van der Waals surface area contributed by atoms with Gasteiger partial charge in [-0.1, -0.05) is 12.1 Å². The van der Waals surface area contributed by atoms with Crippen molar-refractivity contribution in [3.05, 3.63) is 29.3 Å². The van der Waals surface area contributed by atoms with E-state index in [1.807, 2.05) is 0 Å². The predicted molar refractivity (Wildman–Crippen MR) is 70.0 cm³/mol. The first-order chi connectivity index (χ1) is 7.58. The van der Waals surface area contributed by atoms with Crippen LogP contribution in [0.15, 0.2) is 18.2 Å². The highest BCUT2D eigenvalue weighted by molar-refractivity contribution is 5.60. The molecule has 2 rings (SSSR count). The molecular weight excluding hydrogens is 196 g/mol. The maximum absolute atomic E-state index is 5.85. The summed E-state index contributed by atoms with van der Waals surface area (Å²) in [6, 6.07) is 7.66. The molecule has 1 heterocycles. The number of nitrogens with two attached hydrogens (primary N) is 1. The third-order valence-electron chi connectivity index (χ3n) is 3.26. The summed E-state index contributed by atoms with van der Waals surface area (Å²) in [6.45, 7) is 7.74. The van der Waals surface area contributed by atoms with Gasteiger partial charge in [0.1, 0.15) is 0 Å². The number of fused-ring (bicyclic) bond motifs is 1. The Hall–Kier alpha value is -1.02. The predicted octanol–water partition coefficient (Wildman–Crippen LogP) is 2.35. The molecule has 0 spiro atoms. The van der Waals surface area contributed by atoms with Crippen molar-refractivity contribution in [1.82, 2.24) is 0 Å². The van der Waals surface area contributed by atoms with Crippen LogP contribution >= 0.6 is 0 Å². The summed E-state index contributed by atoms with van der Waals surface area (Å²) in [5, 5.41) is 0. The van der Waals surface area contributed by atoms with Gasteiger partial charge in [0.2, 0.25) is 0 Å². The lowest BCUT2D eigenvalue weighted by Gasteiger charge is -2.24. The second-order valence-electron chi connectivity index (χ2n) is 5.18. The van der Waals surface area contributed by atoms with Crippen molar-refractivity contribution in [3.8, 4) is 0 Å². The Morgan fingerprint density at radius 1 is 1.31 bits per heavy atom. The molecule has 0 radical (unpaired) electrons. The van der Waals surface area contributed by atoms with Crippen molar-refractivity contribution in [2.24, 2.45) is 5.73 Å². The van der Waals surface area contributed by atoms with Crippen LogP contribution in [-0.2, 0) is 12.8 Å². The van der Waals surface area contributed by atoms with E-state index in [1.54, 1.807) is 0 Å². The fourth-order valence-electron chi connectivity index (χ4n) is 2.48. The van der Waals surface area contributed by atoms with Crippen LogP contribution < -0.4 is 10.6 Å². The van der Waals surface area contributed by atoms with E-state index < -0.39 is 0 Å². The zero-order valence-corrected chi connectivity index (χ0v) is 10.5. The summed E-state index contributed by atoms with van der Waals surface area (Å²) in [4.78, 5) is 2.49.